The van der Waals surface area contributed by atoms with Gasteiger partial charge in [0.25, 0.3) is 11.8 Å². The number of hydrogen-bond donors (Lipinski definition) is 2. The van der Waals surface area contributed by atoms with E-state index in [1.807, 2.05) is 19.2 Å². The van der Waals surface area contributed by atoms with Gasteiger partial charge in [0.2, 0.25) is 0 Å². The Balaban J connectivity index is 1.70. The van der Waals surface area contributed by atoms with E-state index in [-0.39, 0.29) is 17.9 Å². The predicted octanol–water partition coefficient (Wildman–Crippen LogP) is 5.69. The van der Waals surface area contributed by atoms with Crippen molar-refractivity contribution < 1.29 is 14.3 Å². The number of carbonyl (C=O) groups is 2. The van der Waals surface area contributed by atoms with Crippen molar-refractivity contribution in [3.05, 3.63) is 75.4 Å². The summed E-state index contributed by atoms with van der Waals surface area (Å²) in [5.41, 5.74) is 1.40. The summed E-state index contributed by atoms with van der Waals surface area (Å²) in [5, 5.41) is 7.73. The van der Waals surface area contributed by atoms with Crippen molar-refractivity contribution in [2.45, 2.75) is 20.0 Å². The van der Waals surface area contributed by atoms with Crippen LogP contribution in [0, 0.1) is 0 Å². The number of ether oxygens (including phenoxy) is 1. The van der Waals surface area contributed by atoms with Crippen LogP contribution in [0.1, 0.15) is 33.9 Å². The molecule has 28 heavy (non-hydrogen) atoms. The number of hydrogen-bond acceptors (Lipinski definition) is 4. The van der Waals surface area contributed by atoms with Gasteiger partial charge < -0.3 is 15.4 Å². The van der Waals surface area contributed by atoms with Crippen LogP contribution in [-0.2, 0) is 0 Å². The summed E-state index contributed by atoms with van der Waals surface area (Å²) in [7, 11) is 0. The molecule has 2 N–H and O–H groups in total. The molecule has 1 heterocycles. The second kappa shape index (κ2) is 8.91. The lowest BCUT2D eigenvalue weighted by atomic mass is 10.1. The second-order valence-electron chi connectivity index (χ2n) is 6.27. The molecule has 3 aromatic rings. The zero-order valence-corrected chi connectivity index (χ0v) is 16.9. The van der Waals surface area contributed by atoms with E-state index in [9.17, 15) is 9.59 Å². The highest BCUT2D eigenvalue weighted by Crippen LogP contribution is 2.25. The van der Waals surface area contributed by atoms with Crippen molar-refractivity contribution in [3.8, 4) is 5.75 Å². The first kappa shape index (κ1) is 19.9. The molecule has 0 unspecified atom stereocenters. The minimum absolute atomic E-state index is 0.0808. The molecule has 0 aliphatic heterocycles. The average molecular weight is 415 g/mol. The molecule has 2 amide bonds. The van der Waals surface area contributed by atoms with Crippen molar-refractivity contribution in [2.75, 3.05) is 10.6 Å². The molecule has 0 radical (unpaired) electrons. The summed E-state index contributed by atoms with van der Waals surface area (Å²) >= 11 is 7.50. The van der Waals surface area contributed by atoms with Crippen LogP contribution in [0.25, 0.3) is 0 Å². The minimum atomic E-state index is -0.305. The van der Waals surface area contributed by atoms with E-state index in [0.717, 1.165) is 5.75 Å². The summed E-state index contributed by atoms with van der Waals surface area (Å²) in [6.07, 6.45) is 0.0808. The van der Waals surface area contributed by atoms with E-state index in [4.69, 9.17) is 16.3 Å². The third kappa shape index (κ3) is 5.12. The van der Waals surface area contributed by atoms with Crippen LogP contribution in [-0.4, -0.2) is 17.9 Å². The average Bonchev–Trinajstić information content (AvgIpc) is 3.19. The Bertz CT molecular complexity index is 970. The van der Waals surface area contributed by atoms with Gasteiger partial charge in [-0.15, -0.1) is 11.3 Å². The highest BCUT2D eigenvalue weighted by atomic mass is 35.5. The largest absolute Gasteiger partial charge is 0.491 e. The molecular formula is C21H19ClN2O3S. The molecule has 1 aromatic heterocycles. The molecule has 0 saturated carbocycles. The monoisotopic (exact) mass is 414 g/mol. The van der Waals surface area contributed by atoms with E-state index in [2.05, 4.69) is 10.6 Å². The van der Waals surface area contributed by atoms with E-state index < -0.39 is 0 Å². The van der Waals surface area contributed by atoms with Gasteiger partial charge >= 0.3 is 0 Å². The molecule has 0 aliphatic rings. The molecule has 3 rings (SSSR count). The Kier molecular flexibility index (Phi) is 6.34. The lowest BCUT2D eigenvalue weighted by Crippen LogP contribution is -2.14. The van der Waals surface area contributed by atoms with Crippen molar-refractivity contribution in [2.24, 2.45) is 0 Å². The standard InChI is InChI=1S/C21H19ClN2O3S/c1-13(2)27-16-8-6-15(7-9-16)23-20(25)14-5-10-17(22)18(12-14)24-21(26)19-4-3-11-28-19/h3-13H,1-2H3,(H,23,25)(H,24,26). The number of carbonyl (C=O) groups excluding carboxylic acids is 2. The van der Waals surface area contributed by atoms with E-state index in [1.165, 1.54) is 11.3 Å². The number of halogens is 1. The maximum atomic E-state index is 12.6. The number of anilines is 2. The first-order chi connectivity index (χ1) is 13.4. The first-order valence-corrected chi connectivity index (χ1v) is 9.90. The van der Waals surface area contributed by atoms with Crippen LogP contribution in [0.2, 0.25) is 5.02 Å². The maximum Gasteiger partial charge on any atom is 0.265 e. The number of amides is 2. The van der Waals surface area contributed by atoms with Crippen LogP contribution in [0.15, 0.2) is 60.0 Å². The minimum Gasteiger partial charge on any atom is -0.491 e. The lowest BCUT2D eigenvalue weighted by molar-refractivity contribution is 0.101. The van der Waals surface area contributed by atoms with Crippen LogP contribution < -0.4 is 15.4 Å². The fraction of sp³-hybridized carbons (Fsp3) is 0.143. The molecular weight excluding hydrogens is 396 g/mol. The quantitative estimate of drug-likeness (QED) is 0.544. The SMILES string of the molecule is CC(C)Oc1ccc(NC(=O)c2ccc(Cl)c(NC(=O)c3cccs3)c2)cc1. The Labute approximate surface area is 172 Å². The van der Waals surface area contributed by atoms with Gasteiger partial charge in [0.1, 0.15) is 5.75 Å². The molecule has 5 nitrogen and oxygen atoms in total. The van der Waals surface area contributed by atoms with Gasteiger partial charge in [0.05, 0.1) is 21.7 Å². The van der Waals surface area contributed by atoms with Gasteiger partial charge in [0, 0.05) is 11.3 Å². The molecule has 2 aromatic carbocycles. The van der Waals surface area contributed by atoms with Crippen molar-refractivity contribution in [1.82, 2.24) is 0 Å². The Hall–Kier alpha value is -2.83. The zero-order valence-electron chi connectivity index (χ0n) is 15.4. The van der Waals surface area contributed by atoms with Gasteiger partial charge in [-0.2, -0.15) is 0 Å². The fourth-order valence-electron chi connectivity index (χ4n) is 2.45. The molecule has 0 spiro atoms. The maximum absolute atomic E-state index is 12.6. The van der Waals surface area contributed by atoms with Crippen LogP contribution in [0.4, 0.5) is 11.4 Å². The summed E-state index contributed by atoms with van der Waals surface area (Å²) in [6, 6.07) is 15.4. The van der Waals surface area contributed by atoms with E-state index in [0.29, 0.717) is 26.8 Å². The number of rotatable bonds is 6. The molecule has 7 heteroatoms. The topological polar surface area (TPSA) is 67.4 Å². The Morgan fingerprint density at radius 1 is 1.00 bits per heavy atom. The number of nitrogens with one attached hydrogen (secondary N) is 2. The van der Waals surface area contributed by atoms with Crippen molar-refractivity contribution >= 4 is 46.1 Å². The third-order valence-corrected chi connectivity index (χ3v) is 4.90. The van der Waals surface area contributed by atoms with Gasteiger partial charge in [-0.25, -0.2) is 0 Å². The smallest absolute Gasteiger partial charge is 0.265 e. The Morgan fingerprint density at radius 2 is 1.75 bits per heavy atom. The normalized spacial score (nSPS) is 10.6. The predicted molar refractivity (Wildman–Crippen MR) is 114 cm³/mol. The first-order valence-electron chi connectivity index (χ1n) is 8.65. The second-order valence-corrected chi connectivity index (χ2v) is 7.63. The van der Waals surface area contributed by atoms with Gasteiger partial charge in [-0.3, -0.25) is 9.59 Å². The third-order valence-electron chi connectivity index (χ3n) is 3.71. The highest BCUT2D eigenvalue weighted by molar-refractivity contribution is 7.12. The molecule has 0 fully saturated rings. The highest BCUT2D eigenvalue weighted by Gasteiger charge is 2.13. The van der Waals surface area contributed by atoms with E-state index >= 15 is 0 Å². The van der Waals surface area contributed by atoms with Gasteiger partial charge in [0.15, 0.2) is 0 Å². The molecule has 0 saturated heterocycles. The number of thiophene rings is 1. The number of benzene rings is 2. The van der Waals surface area contributed by atoms with Crippen LogP contribution in [0.5, 0.6) is 5.75 Å². The van der Waals surface area contributed by atoms with Crippen LogP contribution >= 0.6 is 22.9 Å². The molecule has 144 valence electrons. The fourth-order valence-corrected chi connectivity index (χ4v) is 3.23. The summed E-state index contributed by atoms with van der Waals surface area (Å²) < 4.78 is 5.59. The molecule has 0 aliphatic carbocycles. The Morgan fingerprint density at radius 3 is 2.39 bits per heavy atom. The summed E-state index contributed by atoms with van der Waals surface area (Å²) in [4.78, 5) is 25.4. The van der Waals surface area contributed by atoms with Gasteiger partial charge in [-0.1, -0.05) is 17.7 Å². The van der Waals surface area contributed by atoms with E-state index in [1.54, 1.807) is 54.6 Å². The molecule has 0 bridgehead atoms. The summed E-state index contributed by atoms with van der Waals surface area (Å²) in [5.74, 6) is 0.161. The van der Waals surface area contributed by atoms with Crippen molar-refractivity contribution in [1.29, 1.82) is 0 Å². The zero-order chi connectivity index (χ0) is 20.1. The lowest BCUT2D eigenvalue weighted by Gasteiger charge is -2.11. The van der Waals surface area contributed by atoms with Gasteiger partial charge in [-0.05, 0) is 67.8 Å². The molecule has 0 atom stereocenters. The van der Waals surface area contributed by atoms with Crippen molar-refractivity contribution in [3.63, 3.8) is 0 Å². The summed E-state index contributed by atoms with van der Waals surface area (Å²) in [6.45, 7) is 3.90. The van der Waals surface area contributed by atoms with Crippen LogP contribution in [0.3, 0.4) is 0 Å².